The van der Waals surface area contributed by atoms with Crippen LogP contribution in [0.5, 0.6) is 0 Å². The molecule has 0 aliphatic carbocycles. The minimum absolute atomic E-state index is 0.316. The second-order valence-electron chi connectivity index (χ2n) is 10.4. The molecule has 2 saturated heterocycles. The molecule has 0 aromatic heterocycles. The Kier molecular flexibility index (Phi) is 7.11. The SMILES string of the molecule is CC(C)(C)OC(=O)C[C@@H]1C[C@@H](C(=O)N2CC(F)(F)C[C@H]2C(N)=O)N(C(=O)OC(C)(C)C)C1=O. The fourth-order valence-electron chi connectivity index (χ4n) is 3.81. The monoisotopic (exact) mass is 475 g/mol. The second kappa shape index (κ2) is 8.86. The number of carbonyl (C=O) groups is 5. The number of likely N-dealkylation sites (tertiary alicyclic amines) is 2. The van der Waals surface area contributed by atoms with E-state index in [4.69, 9.17) is 15.2 Å². The van der Waals surface area contributed by atoms with Crippen molar-refractivity contribution in [2.45, 2.75) is 90.0 Å². The van der Waals surface area contributed by atoms with Gasteiger partial charge in [0, 0.05) is 6.42 Å². The normalized spacial score (nSPS) is 25.2. The Bertz CT molecular complexity index is 848. The summed E-state index contributed by atoms with van der Waals surface area (Å²) >= 11 is 0. The number of carbonyl (C=O) groups excluding carboxylic acids is 5. The first-order valence-corrected chi connectivity index (χ1v) is 10.6. The van der Waals surface area contributed by atoms with Crippen LogP contribution in [-0.4, -0.2) is 75.3 Å². The zero-order chi connectivity index (χ0) is 25.5. The molecule has 2 fully saturated rings. The van der Waals surface area contributed by atoms with Crippen molar-refractivity contribution in [1.29, 1.82) is 0 Å². The van der Waals surface area contributed by atoms with Crippen molar-refractivity contribution < 1.29 is 42.2 Å². The Hall–Kier alpha value is -2.79. The van der Waals surface area contributed by atoms with E-state index in [9.17, 15) is 32.8 Å². The summed E-state index contributed by atoms with van der Waals surface area (Å²) in [5, 5.41) is 0. The molecular weight excluding hydrogens is 444 g/mol. The van der Waals surface area contributed by atoms with Gasteiger partial charge in [-0.1, -0.05) is 0 Å². The van der Waals surface area contributed by atoms with Crippen LogP contribution in [0, 0.1) is 5.92 Å². The average molecular weight is 475 g/mol. The number of primary amides is 1. The molecule has 0 aromatic carbocycles. The van der Waals surface area contributed by atoms with Crippen LogP contribution in [0.1, 0.15) is 60.8 Å². The summed E-state index contributed by atoms with van der Waals surface area (Å²) in [4.78, 5) is 64.1. The molecule has 4 amide bonds. The topological polar surface area (TPSA) is 136 Å². The lowest BCUT2D eigenvalue weighted by molar-refractivity contribution is -0.157. The molecule has 0 bridgehead atoms. The molecule has 3 atom stereocenters. The largest absolute Gasteiger partial charge is 0.460 e. The maximum atomic E-state index is 14.0. The molecule has 2 rings (SSSR count). The number of amides is 4. The Morgan fingerprint density at radius 3 is 2.06 bits per heavy atom. The number of nitrogens with two attached hydrogens (primary N) is 1. The molecule has 186 valence electrons. The van der Waals surface area contributed by atoms with Gasteiger partial charge in [0.25, 0.3) is 5.92 Å². The van der Waals surface area contributed by atoms with E-state index in [1.807, 2.05) is 0 Å². The lowest BCUT2D eigenvalue weighted by Gasteiger charge is -2.30. The lowest BCUT2D eigenvalue weighted by atomic mass is 10.0. The molecular formula is C21H31F2N3O7. The van der Waals surface area contributed by atoms with E-state index < -0.39 is 84.3 Å². The van der Waals surface area contributed by atoms with Crippen molar-refractivity contribution in [3.05, 3.63) is 0 Å². The summed E-state index contributed by atoms with van der Waals surface area (Å²) in [6.45, 7) is 8.47. The predicted octanol–water partition coefficient (Wildman–Crippen LogP) is 1.59. The van der Waals surface area contributed by atoms with Gasteiger partial charge in [0.15, 0.2) is 0 Å². The molecule has 10 nitrogen and oxygen atoms in total. The molecule has 0 unspecified atom stereocenters. The lowest BCUT2D eigenvalue weighted by Crippen LogP contribution is -2.53. The van der Waals surface area contributed by atoms with Crippen LogP contribution < -0.4 is 5.73 Å². The van der Waals surface area contributed by atoms with Crippen LogP contribution in [0.3, 0.4) is 0 Å². The van der Waals surface area contributed by atoms with Gasteiger partial charge in [0.1, 0.15) is 23.3 Å². The maximum absolute atomic E-state index is 14.0. The Balaban J connectivity index is 2.34. The second-order valence-corrected chi connectivity index (χ2v) is 10.4. The molecule has 0 aromatic rings. The summed E-state index contributed by atoms with van der Waals surface area (Å²) in [5.41, 5.74) is 3.36. The number of imide groups is 1. The molecule has 12 heteroatoms. The minimum Gasteiger partial charge on any atom is -0.460 e. The first-order chi connectivity index (χ1) is 14.8. The summed E-state index contributed by atoms with van der Waals surface area (Å²) in [6.07, 6.45) is -2.85. The standard InChI is InChI=1S/C21H31F2N3O7/c1-19(2,3)32-14(27)8-11-7-12(26(16(11)29)18(31)33-20(4,5)6)17(30)25-10-21(22,23)9-13(25)15(24)28/h11-13H,7-10H2,1-6H3,(H2,24,28)/t11-,12-,13-/m0/s1. The van der Waals surface area contributed by atoms with Gasteiger partial charge in [0.2, 0.25) is 17.7 Å². The van der Waals surface area contributed by atoms with Crippen LogP contribution in [0.4, 0.5) is 13.6 Å². The maximum Gasteiger partial charge on any atom is 0.417 e. The predicted molar refractivity (Wildman–Crippen MR) is 110 cm³/mol. The third-order valence-electron chi connectivity index (χ3n) is 5.00. The zero-order valence-corrected chi connectivity index (χ0v) is 19.6. The summed E-state index contributed by atoms with van der Waals surface area (Å²) < 4.78 is 38.4. The number of nitrogens with zero attached hydrogens (tertiary/aromatic N) is 2. The van der Waals surface area contributed by atoms with E-state index in [1.54, 1.807) is 41.5 Å². The molecule has 2 aliphatic rings. The Morgan fingerprint density at radius 2 is 1.58 bits per heavy atom. The third-order valence-corrected chi connectivity index (χ3v) is 5.00. The van der Waals surface area contributed by atoms with Crippen molar-refractivity contribution in [2.24, 2.45) is 11.7 Å². The first kappa shape index (κ1) is 26.5. The molecule has 2 heterocycles. The van der Waals surface area contributed by atoms with Gasteiger partial charge in [-0.15, -0.1) is 0 Å². The number of hydrogen-bond acceptors (Lipinski definition) is 7. The van der Waals surface area contributed by atoms with Gasteiger partial charge in [-0.3, -0.25) is 19.2 Å². The van der Waals surface area contributed by atoms with Gasteiger partial charge in [-0.2, -0.15) is 0 Å². The highest BCUT2D eigenvalue weighted by Crippen LogP contribution is 2.36. The van der Waals surface area contributed by atoms with Crippen molar-refractivity contribution in [3.63, 3.8) is 0 Å². The summed E-state index contributed by atoms with van der Waals surface area (Å²) in [6, 6.07) is -3.12. The van der Waals surface area contributed by atoms with Crippen molar-refractivity contribution in [3.8, 4) is 0 Å². The quantitative estimate of drug-likeness (QED) is 0.610. The van der Waals surface area contributed by atoms with Crippen LogP contribution in [0.25, 0.3) is 0 Å². The summed E-state index contributed by atoms with van der Waals surface area (Å²) in [5.74, 6) is -8.22. The van der Waals surface area contributed by atoms with E-state index in [0.717, 1.165) is 0 Å². The number of rotatable bonds is 4. The van der Waals surface area contributed by atoms with Crippen molar-refractivity contribution in [2.75, 3.05) is 6.54 Å². The highest BCUT2D eigenvalue weighted by atomic mass is 19.3. The number of hydrogen-bond donors (Lipinski definition) is 1. The Labute approximate surface area is 190 Å². The molecule has 0 spiro atoms. The van der Waals surface area contributed by atoms with Crippen LogP contribution in [-0.2, 0) is 28.7 Å². The molecule has 0 saturated carbocycles. The number of alkyl halides is 2. The minimum atomic E-state index is -3.36. The third kappa shape index (κ3) is 6.61. The van der Waals surface area contributed by atoms with E-state index in [1.165, 1.54) is 0 Å². The molecule has 2 aliphatic heterocycles. The van der Waals surface area contributed by atoms with Gasteiger partial charge < -0.3 is 20.1 Å². The van der Waals surface area contributed by atoms with Gasteiger partial charge in [-0.25, -0.2) is 18.5 Å². The van der Waals surface area contributed by atoms with Crippen LogP contribution in [0.2, 0.25) is 0 Å². The van der Waals surface area contributed by atoms with Crippen LogP contribution in [0.15, 0.2) is 0 Å². The van der Waals surface area contributed by atoms with E-state index in [2.05, 4.69) is 0 Å². The number of halogens is 2. The van der Waals surface area contributed by atoms with E-state index in [-0.39, 0.29) is 6.42 Å². The zero-order valence-electron chi connectivity index (χ0n) is 19.6. The molecule has 2 N–H and O–H groups in total. The number of ether oxygens (including phenoxy) is 2. The highest BCUT2D eigenvalue weighted by molar-refractivity contribution is 6.03. The fourth-order valence-corrected chi connectivity index (χ4v) is 3.81. The first-order valence-electron chi connectivity index (χ1n) is 10.6. The van der Waals surface area contributed by atoms with Crippen molar-refractivity contribution >= 4 is 29.8 Å². The fraction of sp³-hybridized carbons (Fsp3) is 0.762. The molecule has 0 radical (unpaired) electrons. The van der Waals surface area contributed by atoms with E-state index in [0.29, 0.717) is 9.80 Å². The molecule has 33 heavy (non-hydrogen) atoms. The average Bonchev–Trinajstić information content (AvgIpc) is 3.08. The van der Waals surface area contributed by atoms with Gasteiger partial charge in [0.05, 0.1) is 18.9 Å². The van der Waals surface area contributed by atoms with Crippen LogP contribution >= 0.6 is 0 Å². The van der Waals surface area contributed by atoms with E-state index >= 15 is 0 Å². The van der Waals surface area contributed by atoms with Crippen molar-refractivity contribution in [1.82, 2.24) is 9.80 Å². The van der Waals surface area contributed by atoms with Gasteiger partial charge >= 0.3 is 12.1 Å². The highest BCUT2D eigenvalue weighted by Gasteiger charge is 2.55. The number of esters is 1. The summed E-state index contributed by atoms with van der Waals surface area (Å²) in [7, 11) is 0. The smallest absolute Gasteiger partial charge is 0.417 e. The van der Waals surface area contributed by atoms with Gasteiger partial charge in [-0.05, 0) is 48.0 Å². The Morgan fingerprint density at radius 1 is 1.03 bits per heavy atom.